The molecule has 0 amide bonds. The first-order chi connectivity index (χ1) is 7.80. The molecule has 0 saturated heterocycles. The van der Waals surface area contributed by atoms with E-state index in [4.69, 9.17) is 17.3 Å². The summed E-state index contributed by atoms with van der Waals surface area (Å²) in [5.74, 6) is -1.23. The van der Waals surface area contributed by atoms with E-state index in [2.05, 4.69) is 0 Å². The van der Waals surface area contributed by atoms with Crippen LogP contribution in [0.5, 0.6) is 0 Å². The number of hydrogen-bond donors (Lipinski definition) is 1. The van der Waals surface area contributed by atoms with Crippen molar-refractivity contribution in [1.82, 2.24) is 0 Å². The van der Waals surface area contributed by atoms with E-state index in [1.807, 2.05) is 0 Å². The lowest BCUT2D eigenvalue weighted by Gasteiger charge is -2.07. The van der Waals surface area contributed by atoms with Crippen LogP contribution in [0.1, 0.15) is 11.1 Å². The van der Waals surface area contributed by atoms with E-state index in [1.165, 1.54) is 12.1 Å². The summed E-state index contributed by atoms with van der Waals surface area (Å²) in [5.41, 5.74) is -0.341. The quantitative estimate of drug-likeness (QED) is 0.863. The summed E-state index contributed by atoms with van der Waals surface area (Å²) >= 11 is 5.80. The van der Waals surface area contributed by atoms with E-state index >= 15 is 0 Å². The Morgan fingerprint density at radius 1 is 1.29 bits per heavy atom. The zero-order valence-electron chi connectivity index (χ0n) is 8.32. The van der Waals surface area contributed by atoms with Crippen molar-refractivity contribution >= 4 is 34.1 Å². The molecule has 1 aromatic rings. The molecule has 1 aromatic carbocycles. The first kappa shape index (κ1) is 14.0. The molecule has 7 heteroatoms. The molecule has 0 aliphatic rings. The molecular weight excluding hydrogens is 273 g/mol. The van der Waals surface area contributed by atoms with Crippen LogP contribution in [0.3, 0.4) is 0 Å². The minimum atomic E-state index is -4.38. The normalized spacial score (nSPS) is 11.2. The lowest BCUT2D eigenvalue weighted by atomic mass is 10.1. The average molecular weight is 280 g/mol. The van der Waals surface area contributed by atoms with Crippen molar-refractivity contribution in [2.75, 3.05) is 5.75 Å². The standard InChI is InChI=1S/C10H7F3O2S2/c11-10(12,13)7-3-1-6(2-4-7)9(16)17-5-8(14)15/h1-4H,5H2,(H,14,15). The summed E-state index contributed by atoms with van der Waals surface area (Å²) in [5, 5.41) is 8.43. The number of alkyl halides is 3. The van der Waals surface area contributed by atoms with Crippen molar-refractivity contribution in [1.29, 1.82) is 0 Å². The van der Waals surface area contributed by atoms with Gasteiger partial charge in [0.25, 0.3) is 0 Å². The topological polar surface area (TPSA) is 37.3 Å². The number of carboxylic acid groups (broad SMARTS) is 1. The number of benzene rings is 1. The van der Waals surface area contributed by atoms with Crippen LogP contribution in [0.15, 0.2) is 24.3 Å². The van der Waals surface area contributed by atoms with Crippen molar-refractivity contribution in [3.05, 3.63) is 35.4 Å². The SMILES string of the molecule is O=C(O)CSC(=S)c1ccc(C(F)(F)F)cc1. The Balaban J connectivity index is 2.74. The molecule has 0 fully saturated rings. The van der Waals surface area contributed by atoms with Crippen molar-refractivity contribution in [3.8, 4) is 0 Å². The Kier molecular flexibility index (Phi) is 4.53. The smallest absolute Gasteiger partial charge is 0.416 e. The molecule has 0 aliphatic carbocycles. The molecule has 92 valence electrons. The Morgan fingerprint density at radius 3 is 2.24 bits per heavy atom. The molecule has 1 N–H and O–H groups in total. The fourth-order valence-electron chi connectivity index (χ4n) is 1.01. The summed E-state index contributed by atoms with van der Waals surface area (Å²) in [6, 6.07) is 4.31. The molecule has 0 bridgehead atoms. The number of carboxylic acids is 1. The first-order valence-electron chi connectivity index (χ1n) is 4.37. The number of hydrogen-bond acceptors (Lipinski definition) is 3. The molecule has 0 aromatic heterocycles. The molecule has 2 nitrogen and oxygen atoms in total. The lowest BCUT2D eigenvalue weighted by Crippen LogP contribution is -2.06. The van der Waals surface area contributed by atoms with Crippen LogP contribution >= 0.6 is 24.0 Å². The molecule has 0 heterocycles. The van der Waals surface area contributed by atoms with E-state index in [-0.39, 0.29) is 9.95 Å². The second-order valence-electron chi connectivity index (χ2n) is 3.04. The molecule has 1 rings (SSSR count). The number of thiocarbonyl (C=S) groups is 1. The summed E-state index contributed by atoms with van der Waals surface area (Å²) < 4.78 is 37.0. The highest BCUT2D eigenvalue weighted by atomic mass is 32.2. The van der Waals surface area contributed by atoms with E-state index in [1.54, 1.807) is 0 Å². The third-order valence-electron chi connectivity index (χ3n) is 1.77. The van der Waals surface area contributed by atoms with Crippen LogP contribution in [0.4, 0.5) is 13.2 Å². The van der Waals surface area contributed by atoms with Crippen LogP contribution in [-0.2, 0) is 11.0 Å². The van der Waals surface area contributed by atoms with Crippen LogP contribution in [0.2, 0.25) is 0 Å². The number of aliphatic carboxylic acids is 1. The zero-order valence-corrected chi connectivity index (χ0v) is 9.96. The predicted molar refractivity (Wildman–Crippen MR) is 63.2 cm³/mol. The van der Waals surface area contributed by atoms with Crippen molar-refractivity contribution in [2.24, 2.45) is 0 Å². The van der Waals surface area contributed by atoms with Gasteiger partial charge in [-0.15, -0.1) is 11.8 Å². The van der Waals surface area contributed by atoms with Gasteiger partial charge >= 0.3 is 12.1 Å². The number of carbonyl (C=O) groups is 1. The molecule has 0 saturated carbocycles. The van der Waals surface area contributed by atoms with E-state index < -0.39 is 17.7 Å². The molecule has 0 spiro atoms. The molecular formula is C10H7F3O2S2. The molecule has 17 heavy (non-hydrogen) atoms. The summed E-state index contributed by atoms with van der Waals surface area (Å²) in [7, 11) is 0. The summed E-state index contributed by atoms with van der Waals surface area (Å²) in [6.45, 7) is 0. The average Bonchev–Trinajstić information content (AvgIpc) is 2.25. The summed E-state index contributed by atoms with van der Waals surface area (Å²) in [4.78, 5) is 10.3. The molecule has 0 aliphatic heterocycles. The van der Waals surface area contributed by atoms with Crippen molar-refractivity contribution < 1.29 is 23.1 Å². The lowest BCUT2D eigenvalue weighted by molar-refractivity contribution is -0.137. The zero-order chi connectivity index (χ0) is 13.1. The largest absolute Gasteiger partial charge is 0.481 e. The maximum absolute atomic E-state index is 12.3. The van der Waals surface area contributed by atoms with Gasteiger partial charge in [-0.3, -0.25) is 4.79 Å². The Labute approximate surface area is 105 Å². The van der Waals surface area contributed by atoms with Gasteiger partial charge in [0.15, 0.2) is 0 Å². The Morgan fingerprint density at radius 2 is 1.82 bits per heavy atom. The fourth-order valence-corrected chi connectivity index (χ4v) is 1.88. The van der Waals surface area contributed by atoms with Gasteiger partial charge in [-0.05, 0) is 17.7 Å². The second kappa shape index (κ2) is 5.50. The highest BCUT2D eigenvalue weighted by Crippen LogP contribution is 2.29. The maximum atomic E-state index is 12.3. The van der Waals surface area contributed by atoms with E-state index in [0.717, 1.165) is 23.9 Å². The van der Waals surface area contributed by atoms with E-state index in [9.17, 15) is 18.0 Å². The van der Waals surface area contributed by atoms with Crippen molar-refractivity contribution in [3.63, 3.8) is 0 Å². The number of halogens is 3. The van der Waals surface area contributed by atoms with Gasteiger partial charge in [-0.2, -0.15) is 13.2 Å². The van der Waals surface area contributed by atoms with Crippen molar-refractivity contribution in [2.45, 2.75) is 6.18 Å². The first-order valence-corrected chi connectivity index (χ1v) is 5.76. The van der Waals surface area contributed by atoms with Gasteiger partial charge < -0.3 is 5.11 Å². The third-order valence-corrected chi connectivity index (χ3v) is 3.25. The van der Waals surface area contributed by atoms with Gasteiger partial charge in [-0.25, -0.2) is 0 Å². The van der Waals surface area contributed by atoms with Gasteiger partial charge in [-0.1, -0.05) is 24.4 Å². The maximum Gasteiger partial charge on any atom is 0.416 e. The number of thioether (sulfide) groups is 1. The van der Waals surface area contributed by atoms with E-state index in [0.29, 0.717) is 5.56 Å². The Hall–Kier alpha value is -1.08. The highest BCUT2D eigenvalue weighted by molar-refractivity contribution is 8.24. The monoisotopic (exact) mass is 280 g/mol. The summed E-state index contributed by atoms with van der Waals surface area (Å²) in [6.07, 6.45) is -4.38. The Bertz CT molecular complexity index is 426. The van der Waals surface area contributed by atoms with Gasteiger partial charge in [0.1, 0.15) is 0 Å². The van der Waals surface area contributed by atoms with Gasteiger partial charge in [0.05, 0.1) is 15.5 Å². The molecule has 0 radical (unpaired) electrons. The van der Waals surface area contributed by atoms with Crippen LogP contribution < -0.4 is 0 Å². The van der Waals surface area contributed by atoms with Gasteiger partial charge in [0.2, 0.25) is 0 Å². The molecule has 0 unspecified atom stereocenters. The van der Waals surface area contributed by atoms with Gasteiger partial charge in [0, 0.05) is 0 Å². The number of rotatable bonds is 3. The van der Waals surface area contributed by atoms with Crippen LogP contribution in [-0.4, -0.2) is 21.0 Å². The minimum Gasteiger partial charge on any atom is -0.481 e. The van der Waals surface area contributed by atoms with Crippen LogP contribution in [0, 0.1) is 0 Å². The second-order valence-corrected chi connectivity index (χ2v) is 4.70. The third kappa shape index (κ3) is 4.35. The fraction of sp³-hybridized carbons (Fsp3) is 0.200. The highest BCUT2D eigenvalue weighted by Gasteiger charge is 2.30. The molecule has 0 atom stereocenters. The van der Waals surface area contributed by atoms with Crippen LogP contribution in [0.25, 0.3) is 0 Å². The predicted octanol–water partition coefficient (Wildman–Crippen LogP) is 3.20. The minimum absolute atomic E-state index is 0.208.